The number of benzene rings is 1. The van der Waals surface area contributed by atoms with E-state index in [0.29, 0.717) is 26.2 Å². The summed E-state index contributed by atoms with van der Waals surface area (Å²) in [5.74, 6) is 0. The molecule has 1 aromatic carbocycles. The number of aliphatic hydroxyl groups excluding tert-OH is 1. The number of hydrogen-bond acceptors (Lipinski definition) is 4. The maximum absolute atomic E-state index is 10.5. The molecule has 108 valence electrons. The van der Waals surface area contributed by atoms with Crippen LogP contribution in [0.2, 0.25) is 0 Å². The van der Waals surface area contributed by atoms with E-state index in [1.54, 1.807) is 0 Å². The van der Waals surface area contributed by atoms with Gasteiger partial charge in [-0.3, -0.25) is 0 Å². The standard InChI is InChI=1S/C14H24O4Si/c1-4-16-19(17-5-2,18-6-3)14(15)12-13-10-8-7-9-11-13/h7-11,14-15H,4-6,12H2,1-3H3. The van der Waals surface area contributed by atoms with E-state index in [2.05, 4.69) is 0 Å². The average molecular weight is 284 g/mol. The maximum Gasteiger partial charge on any atom is 0.531 e. The summed E-state index contributed by atoms with van der Waals surface area (Å²) in [6, 6.07) is 9.81. The Labute approximate surface area is 116 Å². The highest BCUT2D eigenvalue weighted by molar-refractivity contribution is 6.62. The van der Waals surface area contributed by atoms with Gasteiger partial charge in [0.2, 0.25) is 0 Å². The Hall–Kier alpha value is -0.723. The molecule has 0 spiro atoms. The minimum Gasteiger partial charge on any atom is -0.388 e. The minimum atomic E-state index is -3.03. The van der Waals surface area contributed by atoms with Gasteiger partial charge in [-0.25, -0.2) is 0 Å². The van der Waals surface area contributed by atoms with Gasteiger partial charge in [-0.1, -0.05) is 30.3 Å². The molecule has 0 saturated carbocycles. The molecular weight excluding hydrogens is 260 g/mol. The van der Waals surface area contributed by atoms with Gasteiger partial charge in [-0.05, 0) is 26.3 Å². The molecule has 1 atom stereocenters. The second kappa shape index (κ2) is 8.45. The normalized spacial score (nSPS) is 13.5. The first-order chi connectivity index (χ1) is 9.18. The fourth-order valence-corrected chi connectivity index (χ4v) is 4.50. The predicted octanol–water partition coefficient (Wildman–Crippen LogP) is 2.18. The molecule has 1 N–H and O–H groups in total. The third kappa shape index (κ3) is 4.70. The Morgan fingerprint density at radius 2 is 1.42 bits per heavy atom. The molecule has 0 aliphatic heterocycles. The highest BCUT2D eigenvalue weighted by Gasteiger charge is 2.48. The van der Waals surface area contributed by atoms with Crippen molar-refractivity contribution in [3.8, 4) is 0 Å². The quantitative estimate of drug-likeness (QED) is 0.706. The van der Waals surface area contributed by atoms with Crippen LogP contribution in [0.1, 0.15) is 26.3 Å². The van der Waals surface area contributed by atoms with Crippen LogP contribution in [-0.2, 0) is 19.7 Å². The summed E-state index contributed by atoms with van der Waals surface area (Å²) in [7, 11) is -3.03. The van der Waals surface area contributed by atoms with Gasteiger partial charge < -0.3 is 18.4 Å². The number of rotatable bonds is 9. The average Bonchev–Trinajstić information content (AvgIpc) is 2.40. The van der Waals surface area contributed by atoms with E-state index in [0.717, 1.165) is 5.56 Å². The fourth-order valence-electron chi connectivity index (χ4n) is 1.98. The molecule has 0 fully saturated rings. The molecule has 0 radical (unpaired) electrons. The zero-order valence-corrected chi connectivity index (χ0v) is 13.0. The van der Waals surface area contributed by atoms with Gasteiger partial charge in [0.25, 0.3) is 0 Å². The van der Waals surface area contributed by atoms with Crippen molar-refractivity contribution in [3.63, 3.8) is 0 Å². The summed E-state index contributed by atoms with van der Waals surface area (Å²) in [6.45, 7) is 7.06. The Bertz CT molecular complexity index is 328. The van der Waals surface area contributed by atoms with Gasteiger partial charge in [-0.2, -0.15) is 0 Å². The van der Waals surface area contributed by atoms with Crippen LogP contribution in [0.25, 0.3) is 0 Å². The van der Waals surface area contributed by atoms with Crippen LogP contribution < -0.4 is 0 Å². The highest BCUT2D eigenvalue weighted by Crippen LogP contribution is 2.19. The monoisotopic (exact) mass is 284 g/mol. The zero-order chi connectivity index (χ0) is 14.1. The van der Waals surface area contributed by atoms with E-state index in [1.165, 1.54) is 0 Å². The van der Waals surface area contributed by atoms with Crippen LogP contribution in [0.15, 0.2) is 30.3 Å². The number of aliphatic hydroxyl groups is 1. The molecule has 1 rings (SSSR count). The molecule has 0 amide bonds. The summed E-state index contributed by atoms with van der Waals surface area (Å²) in [4.78, 5) is 0. The van der Waals surface area contributed by atoms with Crippen LogP contribution in [0.4, 0.5) is 0 Å². The van der Waals surface area contributed by atoms with E-state index in [-0.39, 0.29) is 0 Å². The van der Waals surface area contributed by atoms with Crippen molar-refractivity contribution >= 4 is 8.80 Å². The van der Waals surface area contributed by atoms with E-state index in [4.69, 9.17) is 13.3 Å². The van der Waals surface area contributed by atoms with Crippen LogP contribution in [-0.4, -0.2) is 39.5 Å². The van der Waals surface area contributed by atoms with Crippen molar-refractivity contribution < 1.29 is 18.4 Å². The lowest BCUT2D eigenvalue weighted by Gasteiger charge is -2.32. The highest BCUT2D eigenvalue weighted by atomic mass is 28.4. The van der Waals surface area contributed by atoms with Gasteiger partial charge in [-0.15, -0.1) is 0 Å². The fraction of sp³-hybridized carbons (Fsp3) is 0.571. The van der Waals surface area contributed by atoms with Crippen LogP contribution in [0.3, 0.4) is 0 Å². The SMILES string of the molecule is CCO[Si](OCC)(OCC)C(O)Cc1ccccc1. The Kier molecular flexibility index (Phi) is 7.26. The molecule has 1 aromatic rings. The summed E-state index contributed by atoms with van der Waals surface area (Å²) in [5, 5.41) is 10.5. The molecule has 0 bridgehead atoms. The first-order valence-corrected chi connectivity index (χ1v) is 8.62. The van der Waals surface area contributed by atoms with Crippen LogP contribution in [0, 0.1) is 0 Å². The lowest BCUT2D eigenvalue weighted by molar-refractivity contribution is 0.0223. The lowest BCUT2D eigenvalue weighted by Crippen LogP contribution is -2.57. The van der Waals surface area contributed by atoms with Crippen molar-refractivity contribution in [2.75, 3.05) is 19.8 Å². The lowest BCUT2D eigenvalue weighted by atomic mass is 10.2. The van der Waals surface area contributed by atoms with Gasteiger partial charge in [0.15, 0.2) is 0 Å². The summed E-state index contributed by atoms with van der Waals surface area (Å²) in [6.07, 6.45) is 0.479. The van der Waals surface area contributed by atoms with Gasteiger partial charge in [0.1, 0.15) is 5.73 Å². The van der Waals surface area contributed by atoms with Crippen molar-refractivity contribution in [2.45, 2.75) is 32.9 Å². The maximum atomic E-state index is 10.5. The Morgan fingerprint density at radius 3 is 1.84 bits per heavy atom. The first-order valence-electron chi connectivity index (χ1n) is 6.82. The molecule has 0 aliphatic rings. The van der Waals surface area contributed by atoms with Crippen LogP contribution in [0.5, 0.6) is 0 Å². The summed E-state index contributed by atoms with van der Waals surface area (Å²) in [5.41, 5.74) is 0.306. The van der Waals surface area contributed by atoms with E-state index in [1.807, 2.05) is 51.1 Å². The summed E-state index contributed by atoms with van der Waals surface area (Å²) < 4.78 is 17.1. The molecule has 0 heterocycles. The third-order valence-electron chi connectivity index (χ3n) is 2.72. The Morgan fingerprint density at radius 1 is 0.947 bits per heavy atom. The summed E-state index contributed by atoms with van der Waals surface area (Å²) >= 11 is 0. The molecule has 0 aromatic heterocycles. The predicted molar refractivity (Wildman–Crippen MR) is 76.8 cm³/mol. The zero-order valence-electron chi connectivity index (χ0n) is 12.0. The second-order valence-electron chi connectivity index (χ2n) is 4.11. The Balaban J connectivity index is 2.82. The van der Waals surface area contributed by atoms with Crippen molar-refractivity contribution in [1.82, 2.24) is 0 Å². The van der Waals surface area contributed by atoms with E-state index < -0.39 is 14.5 Å². The molecule has 19 heavy (non-hydrogen) atoms. The van der Waals surface area contributed by atoms with Crippen molar-refractivity contribution in [2.24, 2.45) is 0 Å². The molecule has 0 saturated heterocycles. The second-order valence-corrected chi connectivity index (χ2v) is 6.85. The topological polar surface area (TPSA) is 47.9 Å². The number of hydrogen-bond donors (Lipinski definition) is 1. The van der Waals surface area contributed by atoms with Crippen molar-refractivity contribution in [3.05, 3.63) is 35.9 Å². The largest absolute Gasteiger partial charge is 0.531 e. The molecule has 5 heteroatoms. The third-order valence-corrected chi connectivity index (χ3v) is 5.81. The van der Waals surface area contributed by atoms with E-state index >= 15 is 0 Å². The minimum absolute atomic E-state index is 0.470. The molecular formula is C14H24O4Si. The molecule has 1 unspecified atom stereocenters. The van der Waals surface area contributed by atoms with E-state index in [9.17, 15) is 5.11 Å². The van der Waals surface area contributed by atoms with Gasteiger partial charge in [0.05, 0.1) is 0 Å². The first kappa shape index (κ1) is 16.3. The van der Waals surface area contributed by atoms with Gasteiger partial charge in [0, 0.05) is 26.2 Å². The van der Waals surface area contributed by atoms with Crippen LogP contribution >= 0.6 is 0 Å². The smallest absolute Gasteiger partial charge is 0.388 e. The van der Waals surface area contributed by atoms with Gasteiger partial charge >= 0.3 is 8.80 Å². The molecule has 0 aliphatic carbocycles. The van der Waals surface area contributed by atoms with Crippen molar-refractivity contribution in [1.29, 1.82) is 0 Å². The molecule has 4 nitrogen and oxygen atoms in total.